The molecule has 3 unspecified atom stereocenters. The highest BCUT2D eigenvalue weighted by Crippen LogP contribution is 2.43. The monoisotopic (exact) mass is 340 g/mol. The van der Waals surface area contributed by atoms with Crippen molar-refractivity contribution in [1.29, 1.82) is 0 Å². The van der Waals surface area contributed by atoms with Crippen LogP contribution in [0.5, 0.6) is 5.75 Å². The van der Waals surface area contributed by atoms with Crippen molar-refractivity contribution in [2.24, 2.45) is 11.8 Å². The van der Waals surface area contributed by atoms with Crippen LogP contribution in [0, 0.1) is 11.8 Å². The Kier molecular flexibility index (Phi) is 4.37. The first-order chi connectivity index (χ1) is 12.4. The molecular weight excluding hydrogens is 308 g/mol. The van der Waals surface area contributed by atoms with Crippen LogP contribution < -0.4 is 9.64 Å². The van der Waals surface area contributed by atoms with Gasteiger partial charge in [0.15, 0.2) is 6.73 Å². The molecule has 0 bridgehead atoms. The van der Waals surface area contributed by atoms with Crippen LogP contribution in [0.15, 0.2) is 24.3 Å². The number of rotatable bonds is 2. The van der Waals surface area contributed by atoms with Gasteiger partial charge in [-0.05, 0) is 56.1 Å². The molecule has 2 aliphatic carbocycles. The van der Waals surface area contributed by atoms with Gasteiger partial charge in [0.05, 0.1) is 5.69 Å². The van der Waals surface area contributed by atoms with Gasteiger partial charge in [0.25, 0.3) is 0 Å². The van der Waals surface area contributed by atoms with Crippen LogP contribution >= 0.6 is 0 Å². The van der Waals surface area contributed by atoms with Crippen molar-refractivity contribution in [3.05, 3.63) is 24.3 Å². The Morgan fingerprint density at radius 3 is 2.48 bits per heavy atom. The molecule has 1 aromatic carbocycles. The second kappa shape index (κ2) is 6.83. The maximum atomic E-state index is 5.88. The standard InChI is InChI=1S/C22H32N2O/c1-2-6-18-15-20(10-9-17(18)5-1)23-13-11-19(12-14-23)24-16-25-22-8-4-3-7-21(22)24/h3-4,7-8,17-20H,1-2,5-6,9-16H2. The van der Waals surface area contributed by atoms with Crippen molar-refractivity contribution >= 4 is 5.69 Å². The summed E-state index contributed by atoms with van der Waals surface area (Å²) >= 11 is 0. The van der Waals surface area contributed by atoms with Gasteiger partial charge in [-0.2, -0.15) is 0 Å². The van der Waals surface area contributed by atoms with E-state index in [2.05, 4.69) is 34.1 Å². The first kappa shape index (κ1) is 16.0. The first-order valence-electron chi connectivity index (χ1n) is 10.6. The van der Waals surface area contributed by atoms with Crippen molar-refractivity contribution in [2.45, 2.75) is 69.9 Å². The average Bonchev–Trinajstić information content (AvgIpc) is 3.12. The molecule has 1 aromatic rings. The zero-order valence-electron chi connectivity index (χ0n) is 15.4. The molecule has 25 heavy (non-hydrogen) atoms. The van der Waals surface area contributed by atoms with E-state index in [4.69, 9.17) is 4.74 Å². The molecule has 0 radical (unpaired) electrons. The summed E-state index contributed by atoms with van der Waals surface area (Å²) in [5.41, 5.74) is 1.31. The van der Waals surface area contributed by atoms with Crippen LogP contribution in [0.25, 0.3) is 0 Å². The minimum atomic E-state index is 0.658. The smallest absolute Gasteiger partial charge is 0.161 e. The van der Waals surface area contributed by atoms with Crippen molar-refractivity contribution in [3.8, 4) is 5.75 Å². The summed E-state index contributed by atoms with van der Waals surface area (Å²) in [5, 5.41) is 0. The van der Waals surface area contributed by atoms with Gasteiger partial charge in [0, 0.05) is 25.2 Å². The third kappa shape index (κ3) is 3.05. The van der Waals surface area contributed by atoms with E-state index < -0.39 is 0 Å². The molecule has 3 nitrogen and oxygen atoms in total. The quantitative estimate of drug-likeness (QED) is 0.778. The fraction of sp³-hybridized carbons (Fsp3) is 0.727. The third-order valence-corrected chi connectivity index (χ3v) is 7.50. The van der Waals surface area contributed by atoms with Crippen molar-refractivity contribution in [1.82, 2.24) is 4.90 Å². The number of para-hydroxylation sites is 2. The molecule has 0 aromatic heterocycles. The molecule has 3 atom stereocenters. The zero-order chi connectivity index (χ0) is 16.6. The van der Waals surface area contributed by atoms with E-state index in [1.54, 1.807) is 0 Å². The number of fused-ring (bicyclic) bond motifs is 2. The Hall–Kier alpha value is -1.22. The van der Waals surface area contributed by atoms with Crippen LogP contribution in [-0.2, 0) is 0 Å². The largest absolute Gasteiger partial charge is 0.471 e. The molecule has 2 heterocycles. The second-order valence-corrected chi connectivity index (χ2v) is 8.75. The fourth-order valence-electron chi connectivity index (χ4n) is 6.07. The average molecular weight is 341 g/mol. The SMILES string of the molecule is c1ccc2c(c1)OCN2C1CCN(C2CCC3CCCCC3C2)CC1. The molecule has 5 rings (SSSR count). The lowest BCUT2D eigenvalue weighted by Crippen LogP contribution is -2.50. The second-order valence-electron chi connectivity index (χ2n) is 8.75. The molecule has 2 aliphatic heterocycles. The van der Waals surface area contributed by atoms with Gasteiger partial charge >= 0.3 is 0 Å². The Labute approximate surface area is 152 Å². The molecule has 2 saturated carbocycles. The summed E-state index contributed by atoms with van der Waals surface area (Å²) in [6.07, 6.45) is 13.1. The molecule has 4 aliphatic rings. The number of nitrogens with zero attached hydrogens (tertiary/aromatic N) is 2. The van der Waals surface area contributed by atoms with E-state index in [0.29, 0.717) is 6.04 Å². The Bertz CT molecular complexity index is 595. The zero-order valence-corrected chi connectivity index (χ0v) is 15.4. The van der Waals surface area contributed by atoms with Gasteiger partial charge in [-0.15, -0.1) is 0 Å². The van der Waals surface area contributed by atoms with E-state index >= 15 is 0 Å². The highest BCUT2D eigenvalue weighted by molar-refractivity contribution is 5.61. The first-order valence-corrected chi connectivity index (χ1v) is 10.6. The van der Waals surface area contributed by atoms with Gasteiger partial charge in [0.2, 0.25) is 0 Å². The summed E-state index contributed by atoms with van der Waals surface area (Å²) in [7, 11) is 0. The minimum absolute atomic E-state index is 0.658. The van der Waals surface area contributed by atoms with Gasteiger partial charge in [-0.1, -0.05) is 37.8 Å². The van der Waals surface area contributed by atoms with E-state index in [-0.39, 0.29) is 0 Å². The number of hydrogen-bond donors (Lipinski definition) is 0. The van der Waals surface area contributed by atoms with Gasteiger partial charge in [-0.3, -0.25) is 0 Å². The van der Waals surface area contributed by atoms with E-state index in [0.717, 1.165) is 30.4 Å². The highest BCUT2D eigenvalue weighted by Gasteiger charge is 2.37. The molecule has 3 fully saturated rings. The Morgan fingerprint density at radius 1 is 0.800 bits per heavy atom. The number of likely N-dealkylation sites (tertiary alicyclic amines) is 1. The van der Waals surface area contributed by atoms with E-state index in [1.165, 1.54) is 76.6 Å². The molecule has 0 amide bonds. The van der Waals surface area contributed by atoms with Crippen LogP contribution in [0.1, 0.15) is 57.8 Å². The van der Waals surface area contributed by atoms with Crippen LogP contribution in [0.4, 0.5) is 5.69 Å². The summed E-state index contributed by atoms with van der Waals surface area (Å²) in [5.74, 6) is 3.19. The molecular formula is C22H32N2O. The lowest BCUT2D eigenvalue weighted by Gasteiger charge is -2.46. The number of benzene rings is 1. The summed E-state index contributed by atoms with van der Waals surface area (Å²) < 4.78 is 5.88. The van der Waals surface area contributed by atoms with Crippen LogP contribution in [0.2, 0.25) is 0 Å². The molecule has 0 N–H and O–H groups in total. The van der Waals surface area contributed by atoms with Crippen molar-refractivity contribution < 1.29 is 4.74 Å². The molecule has 3 heteroatoms. The summed E-state index contributed by atoms with van der Waals surface area (Å²) in [6.45, 7) is 3.31. The molecule has 136 valence electrons. The number of hydrogen-bond acceptors (Lipinski definition) is 3. The third-order valence-electron chi connectivity index (χ3n) is 7.50. The summed E-state index contributed by atoms with van der Waals surface area (Å²) in [6, 6.07) is 10.1. The predicted octanol–water partition coefficient (Wildman–Crippen LogP) is 4.67. The number of ether oxygens (including phenoxy) is 1. The predicted molar refractivity (Wildman–Crippen MR) is 102 cm³/mol. The number of piperidine rings is 1. The van der Waals surface area contributed by atoms with E-state index in [1.807, 2.05) is 0 Å². The van der Waals surface area contributed by atoms with Gasteiger partial charge < -0.3 is 14.5 Å². The van der Waals surface area contributed by atoms with Crippen molar-refractivity contribution in [3.63, 3.8) is 0 Å². The van der Waals surface area contributed by atoms with Crippen LogP contribution in [-0.4, -0.2) is 36.8 Å². The lowest BCUT2D eigenvalue weighted by atomic mass is 9.69. The maximum absolute atomic E-state index is 5.88. The normalized spacial score (nSPS) is 33.6. The Balaban J connectivity index is 1.18. The fourth-order valence-corrected chi connectivity index (χ4v) is 6.07. The number of anilines is 1. The summed E-state index contributed by atoms with van der Waals surface area (Å²) in [4.78, 5) is 5.34. The topological polar surface area (TPSA) is 15.7 Å². The maximum Gasteiger partial charge on any atom is 0.161 e. The van der Waals surface area contributed by atoms with Crippen molar-refractivity contribution in [2.75, 3.05) is 24.7 Å². The van der Waals surface area contributed by atoms with Crippen LogP contribution in [0.3, 0.4) is 0 Å². The minimum Gasteiger partial charge on any atom is -0.471 e. The lowest BCUT2D eigenvalue weighted by molar-refractivity contribution is 0.0582. The molecule has 1 saturated heterocycles. The highest BCUT2D eigenvalue weighted by atomic mass is 16.5. The molecule has 0 spiro atoms. The van der Waals surface area contributed by atoms with E-state index in [9.17, 15) is 0 Å². The Morgan fingerprint density at radius 2 is 1.60 bits per heavy atom. The van der Waals surface area contributed by atoms with Gasteiger partial charge in [-0.25, -0.2) is 0 Å². The van der Waals surface area contributed by atoms with Gasteiger partial charge in [0.1, 0.15) is 5.75 Å².